The second-order valence-electron chi connectivity index (χ2n) is 3.71. The maximum atomic E-state index is 11.1. The van der Waals surface area contributed by atoms with Gasteiger partial charge < -0.3 is 14.6 Å². The molecule has 2 atom stereocenters. The fourth-order valence-electron chi connectivity index (χ4n) is 2.23. The van der Waals surface area contributed by atoms with Crippen LogP contribution in [-0.4, -0.2) is 36.5 Å². The summed E-state index contributed by atoms with van der Waals surface area (Å²) in [6.45, 7) is 1.78. The number of carboxylic acids is 1. The summed E-state index contributed by atoms with van der Waals surface area (Å²) in [6, 6.07) is 0. The van der Waals surface area contributed by atoms with Gasteiger partial charge in [0.15, 0.2) is 5.60 Å². The molecule has 2 aliphatic rings. The first kappa shape index (κ1) is 8.97. The van der Waals surface area contributed by atoms with Crippen LogP contribution in [-0.2, 0) is 14.3 Å². The molecule has 0 aliphatic carbocycles. The van der Waals surface area contributed by atoms with Gasteiger partial charge in [-0.1, -0.05) is 0 Å². The van der Waals surface area contributed by atoms with Gasteiger partial charge >= 0.3 is 5.97 Å². The van der Waals surface area contributed by atoms with Crippen molar-refractivity contribution in [3.8, 4) is 0 Å². The van der Waals surface area contributed by atoms with Crippen molar-refractivity contribution in [2.45, 2.75) is 24.9 Å². The van der Waals surface area contributed by atoms with Crippen LogP contribution in [0.25, 0.3) is 0 Å². The Hall–Kier alpha value is -0.610. The molecule has 2 saturated heterocycles. The van der Waals surface area contributed by atoms with Gasteiger partial charge in [-0.3, -0.25) is 0 Å². The lowest BCUT2D eigenvalue weighted by atomic mass is 9.84. The molecule has 2 heterocycles. The van der Waals surface area contributed by atoms with Crippen molar-refractivity contribution < 1.29 is 19.4 Å². The minimum absolute atomic E-state index is 0.0486. The monoisotopic (exact) mass is 186 g/mol. The van der Waals surface area contributed by atoms with Crippen molar-refractivity contribution in [1.29, 1.82) is 0 Å². The topological polar surface area (TPSA) is 55.8 Å². The summed E-state index contributed by atoms with van der Waals surface area (Å²) in [7, 11) is 0. The minimum atomic E-state index is -0.934. The van der Waals surface area contributed by atoms with Gasteiger partial charge in [0.05, 0.1) is 6.61 Å². The summed E-state index contributed by atoms with van der Waals surface area (Å²) in [6.07, 6.45) is 2.30. The first-order chi connectivity index (χ1) is 6.26. The predicted molar refractivity (Wildman–Crippen MR) is 44.5 cm³/mol. The molecule has 0 radical (unpaired) electrons. The van der Waals surface area contributed by atoms with Crippen LogP contribution in [0.1, 0.15) is 19.3 Å². The molecule has 2 fully saturated rings. The highest BCUT2D eigenvalue weighted by atomic mass is 16.5. The van der Waals surface area contributed by atoms with Crippen molar-refractivity contribution in [1.82, 2.24) is 0 Å². The van der Waals surface area contributed by atoms with Crippen molar-refractivity contribution in [2.75, 3.05) is 19.8 Å². The van der Waals surface area contributed by atoms with Crippen molar-refractivity contribution in [3.63, 3.8) is 0 Å². The number of carbonyl (C=O) groups is 1. The van der Waals surface area contributed by atoms with E-state index in [1.165, 1.54) is 0 Å². The Bertz CT molecular complexity index is 202. The van der Waals surface area contributed by atoms with E-state index < -0.39 is 11.6 Å². The van der Waals surface area contributed by atoms with Crippen molar-refractivity contribution >= 4 is 5.97 Å². The van der Waals surface area contributed by atoms with Crippen LogP contribution in [0.4, 0.5) is 0 Å². The van der Waals surface area contributed by atoms with E-state index in [0.29, 0.717) is 26.2 Å². The van der Waals surface area contributed by atoms with Gasteiger partial charge in [0.1, 0.15) is 0 Å². The fourth-order valence-corrected chi connectivity index (χ4v) is 2.23. The Morgan fingerprint density at radius 3 is 2.77 bits per heavy atom. The van der Waals surface area contributed by atoms with Gasteiger partial charge in [-0.25, -0.2) is 4.79 Å². The van der Waals surface area contributed by atoms with E-state index in [0.717, 1.165) is 12.8 Å². The molecule has 4 heteroatoms. The smallest absolute Gasteiger partial charge is 0.336 e. The summed E-state index contributed by atoms with van der Waals surface area (Å²) in [5.41, 5.74) is -0.934. The van der Waals surface area contributed by atoms with Gasteiger partial charge in [-0.15, -0.1) is 0 Å². The third kappa shape index (κ3) is 1.34. The fraction of sp³-hybridized carbons (Fsp3) is 0.889. The Balaban J connectivity index is 2.16. The first-order valence-corrected chi connectivity index (χ1v) is 4.71. The Morgan fingerprint density at radius 2 is 2.31 bits per heavy atom. The van der Waals surface area contributed by atoms with Crippen molar-refractivity contribution in [3.05, 3.63) is 0 Å². The van der Waals surface area contributed by atoms with E-state index in [2.05, 4.69) is 0 Å². The molecule has 13 heavy (non-hydrogen) atoms. The molecule has 0 aromatic rings. The van der Waals surface area contributed by atoms with Crippen LogP contribution in [0.5, 0.6) is 0 Å². The van der Waals surface area contributed by atoms with Crippen LogP contribution < -0.4 is 0 Å². The normalized spacial score (nSPS) is 39.5. The molecule has 1 N–H and O–H groups in total. The molecule has 0 spiro atoms. The van der Waals surface area contributed by atoms with Crippen LogP contribution in [0, 0.1) is 5.92 Å². The molecule has 0 saturated carbocycles. The SMILES string of the molecule is O=C(O)C1(C2CCOC2)CCCO1. The quantitative estimate of drug-likeness (QED) is 0.688. The summed E-state index contributed by atoms with van der Waals surface area (Å²) in [5.74, 6) is -0.770. The average molecular weight is 186 g/mol. The molecule has 0 aromatic carbocycles. The third-order valence-corrected chi connectivity index (χ3v) is 3.00. The number of carboxylic acid groups (broad SMARTS) is 1. The predicted octanol–water partition coefficient (Wildman–Crippen LogP) is 0.657. The second-order valence-corrected chi connectivity index (χ2v) is 3.71. The van der Waals surface area contributed by atoms with E-state index in [4.69, 9.17) is 14.6 Å². The van der Waals surface area contributed by atoms with E-state index in [-0.39, 0.29) is 5.92 Å². The first-order valence-electron chi connectivity index (χ1n) is 4.71. The van der Waals surface area contributed by atoms with E-state index in [1.807, 2.05) is 0 Å². The summed E-state index contributed by atoms with van der Waals surface area (Å²) in [4.78, 5) is 11.1. The van der Waals surface area contributed by atoms with Crippen LogP contribution in [0.3, 0.4) is 0 Å². The molecule has 0 bridgehead atoms. The molecular weight excluding hydrogens is 172 g/mol. The van der Waals surface area contributed by atoms with Gasteiger partial charge in [-0.2, -0.15) is 0 Å². The third-order valence-electron chi connectivity index (χ3n) is 3.00. The molecule has 2 aliphatic heterocycles. The maximum absolute atomic E-state index is 11.1. The summed E-state index contributed by atoms with van der Waals surface area (Å²) < 4.78 is 10.6. The maximum Gasteiger partial charge on any atom is 0.336 e. The number of rotatable bonds is 2. The lowest BCUT2D eigenvalue weighted by molar-refractivity contribution is -0.167. The largest absolute Gasteiger partial charge is 0.479 e. The molecule has 74 valence electrons. The van der Waals surface area contributed by atoms with Crippen LogP contribution in [0.2, 0.25) is 0 Å². The molecule has 0 aromatic heterocycles. The minimum Gasteiger partial charge on any atom is -0.479 e. The van der Waals surface area contributed by atoms with Gasteiger partial charge in [0.2, 0.25) is 0 Å². The molecule has 2 unspecified atom stereocenters. The molecule has 4 nitrogen and oxygen atoms in total. The van der Waals surface area contributed by atoms with E-state index in [1.54, 1.807) is 0 Å². The number of aliphatic carboxylic acids is 1. The summed E-state index contributed by atoms with van der Waals surface area (Å²) >= 11 is 0. The summed E-state index contributed by atoms with van der Waals surface area (Å²) in [5, 5.41) is 9.14. The highest BCUT2D eigenvalue weighted by Crippen LogP contribution is 2.37. The average Bonchev–Trinajstić information content (AvgIpc) is 2.75. The lowest BCUT2D eigenvalue weighted by Crippen LogP contribution is -2.45. The van der Waals surface area contributed by atoms with Gasteiger partial charge in [0, 0.05) is 19.1 Å². The van der Waals surface area contributed by atoms with E-state index in [9.17, 15) is 4.79 Å². The Labute approximate surface area is 76.8 Å². The zero-order valence-electron chi connectivity index (χ0n) is 7.49. The highest BCUT2D eigenvalue weighted by Gasteiger charge is 2.50. The number of ether oxygens (including phenoxy) is 2. The van der Waals surface area contributed by atoms with Gasteiger partial charge in [-0.05, 0) is 19.3 Å². The Kier molecular flexibility index (Phi) is 2.26. The molecule has 0 amide bonds. The Morgan fingerprint density at radius 1 is 1.46 bits per heavy atom. The molecule has 2 rings (SSSR count). The zero-order chi connectivity index (χ0) is 9.31. The zero-order valence-corrected chi connectivity index (χ0v) is 7.49. The highest BCUT2D eigenvalue weighted by molar-refractivity contribution is 5.78. The van der Waals surface area contributed by atoms with Crippen LogP contribution in [0.15, 0.2) is 0 Å². The van der Waals surface area contributed by atoms with Crippen molar-refractivity contribution in [2.24, 2.45) is 5.92 Å². The van der Waals surface area contributed by atoms with Gasteiger partial charge in [0.25, 0.3) is 0 Å². The molecular formula is C9H14O4. The van der Waals surface area contributed by atoms with Crippen LogP contribution >= 0.6 is 0 Å². The lowest BCUT2D eigenvalue weighted by Gasteiger charge is -2.28. The number of hydrogen-bond donors (Lipinski definition) is 1. The second kappa shape index (κ2) is 3.27. The standard InChI is InChI=1S/C9H14O4/c10-8(11)9(3-1-4-13-9)7-2-5-12-6-7/h7H,1-6H2,(H,10,11). The van der Waals surface area contributed by atoms with E-state index >= 15 is 0 Å². The number of hydrogen-bond acceptors (Lipinski definition) is 3.